The molecular formula is C15H15N3O2. The van der Waals surface area contributed by atoms with Crippen molar-refractivity contribution in [1.29, 1.82) is 5.26 Å². The number of hydrogen-bond acceptors (Lipinski definition) is 3. The normalized spacial score (nSPS) is 12.1. The molecule has 0 radical (unpaired) electrons. The van der Waals surface area contributed by atoms with Gasteiger partial charge in [0.2, 0.25) is 0 Å². The Morgan fingerprint density at radius 3 is 2.70 bits per heavy atom. The number of rotatable bonds is 3. The Morgan fingerprint density at radius 2 is 2.05 bits per heavy atom. The van der Waals surface area contributed by atoms with E-state index < -0.39 is 11.9 Å². The van der Waals surface area contributed by atoms with Crippen molar-refractivity contribution in [3.8, 4) is 6.07 Å². The first-order valence-electron chi connectivity index (χ1n) is 6.35. The number of nitriles is 1. The molecule has 5 nitrogen and oxygen atoms in total. The molecule has 2 aromatic rings. The lowest BCUT2D eigenvalue weighted by molar-refractivity contribution is 0.0932. The second kappa shape index (κ2) is 5.57. The van der Waals surface area contributed by atoms with E-state index in [1.54, 1.807) is 30.3 Å². The molecule has 2 N–H and O–H groups in total. The quantitative estimate of drug-likeness (QED) is 0.891. The van der Waals surface area contributed by atoms with Crippen molar-refractivity contribution in [2.75, 3.05) is 0 Å². The number of fused-ring (bicyclic) bond motifs is 1. The first kappa shape index (κ1) is 13.8. The second-order valence-corrected chi connectivity index (χ2v) is 4.92. The summed E-state index contributed by atoms with van der Waals surface area (Å²) < 4.78 is 0. The lowest BCUT2D eigenvalue weighted by Crippen LogP contribution is -2.38. The van der Waals surface area contributed by atoms with E-state index in [0.29, 0.717) is 10.8 Å². The summed E-state index contributed by atoms with van der Waals surface area (Å²) in [4.78, 5) is 26.5. The Morgan fingerprint density at radius 1 is 1.35 bits per heavy atom. The Bertz CT molecular complexity index is 741. The predicted octanol–water partition coefficient (Wildman–Crippen LogP) is 1.81. The molecule has 0 aliphatic heterocycles. The van der Waals surface area contributed by atoms with Gasteiger partial charge in [-0.15, -0.1) is 0 Å². The van der Waals surface area contributed by atoms with Crippen LogP contribution in [0.2, 0.25) is 0 Å². The summed E-state index contributed by atoms with van der Waals surface area (Å²) in [6, 6.07) is 10.1. The summed E-state index contributed by atoms with van der Waals surface area (Å²) in [5.74, 6) is -0.454. The Kier molecular flexibility index (Phi) is 3.85. The van der Waals surface area contributed by atoms with Crippen molar-refractivity contribution in [2.24, 2.45) is 5.92 Å². The Hall–Kier alpha value is -2.61. The molecule has 0 saturated heterocycles. The molecule has 0 aliphatic rings. The summed E-state index contributed by atoms with van der Waals surface area (Å²) in [5, 5.41) is 12.8. The van der Waals surface area contributed by atoms with Gasteiger partial charge in [0.1, 0.15) is 11.7 Å². The van der Waals surface area contributed by atoms with Gasteiger partial charge in [-0.05, 0) is 23.4 Å². The van der Waals surface area contributed by atoms with E-state index in [2.05, 4.69) is 10.3 Å². The maximum Gasteiger partial charge on any atom is 0.268 e. The average molecular weight is 269 g/mol. The van der Waals surface area contributed by atoms with Gasteiger partial charge < -0.3 is 10.3 Å². The van der Waals surface area contributed by atoms with Crippen LogP contribution in [0.1, 0.15) is 24.3 Å². The summed E-state index contributed by atoms with van der Waals surface area (Å²) in [6.45, 7) is 3.69. The van der Waals surface area contributed by atoms with E-state index >= 15 is 0 Å². The zero-order valence-corrected chi connectivity index (χ0v) is 11.3. The zero-order valence-electron chi connectivity index (χ0n) is 11.3. The molecule has 0 aliphatic carbocycles. The van der Waals surface area contributed by atoms with Gasteiger partial charge in [-0.2, -0.15) is 5.26 Å². The molecule has 0 fully saturated rings. The highest BCUT2D eigenvalue weighted by Gasteiger charge is 2.17. The molecule has 1 aromatic carbocycles. The standard InChI is InChI=1S/C15H15N3O2/c1-9(2)13(8-16)18-15(20)12-7-10-5-3-4-6-11(10)14(19)17-12/h3-7,9,13H,1-2H3,(H,17,19)(H,18,20)/t13-/m0/s1. The number of aromatic nitrogens is 1. The van der Waals surface area contributed by atoms with Crippen LogP contribution >= 0.6 is 0 Å². The number of hydrogen-bond donors (Lipinski definition) is 2. The molecule has 0 saturated carbocycles. The van der Waals surface area contributed by atoms with Crippen molar-refractivity contribution >= 4 is 16.7 Å². The van der Waals surface area contributed by atoms with Crippen LogP contribution in [0.3, 0.4) is 0 Å². The van der Waals surface area contributed by atoms with Crippen LogP contribution in [-0.2, 0) is 0 Å². The highest BCUT2D eigenvalue weighted by atomic mass is 16.2. The molecule has 5 heteroatoms. The van der Waals surface area contributed by atoms with Crippen molar-refractivity contribution in [1.82, 2.24) is 10.3 Å². The van der Waals surface area contributed by atoms with E-state index in [1.165, 1.54) is 0 Å². The summed E-state index contributed by atoms with van der Waals surface area (Å²) >= 11 is 0. The van der Waals surface area contributed by atoms with Crippen LogP contribution in [0, 0.1) is 17.2 Å². The highest BCUT2D eigenvalue weighted by molar-refractivity contribution is 5.96. The third kappa shape index (κ3) is 2.69. The lowest BCUT2D eigenvalue weighted by atomic mass is 10.1. The van der Waals surface area contributed by atoms with Gasteiger partial charge in [0.25, 0.3) is 11.5 Å². The number of amides is 1. The van der Waals surface area contributed by atoms with E-state index in [0.717, 1.165) is 0 Å². The molecule has 1 amide bonds. The maximum absolute atomic E-state index is 12.1. The molecule has 2 rings (SSSR count). The van der Waals surface area contributed by atoms with Crippen LogP contribution < -0.4 is 10.9 Å². The van der Waals surface area contributed by atoms with Gasteiger partial charge in [-0.1, -0.05) is 32.0 Å². The zero-order chi connectivity index (χ0) is 14.7. The minimum atomic E-state index is -0.586. The van der Waals surface area contributed by atoms with Crippen molar-refractivity contribution < 1.29 is 4.79 Å². The third-order valence-corrected chi connectivity index (χ3v) is 3.09. The molecule has 0 spiro atoms. The topological polar surface area (TPSA) is 85.8 Å². The van der Waals surface area contributed by atoms with Crippen molar-refractivity contribution in [2.45, 2.75) is 19.9 Å². The summed E-state index contributed by atoms with van der Waals surface area (Å²) in [7, 11) is 0. The molecule has 1 heterocycles. The fourth-order valence-corrected chi connectivity index (χ4v) is 1.90. The van der Waals surface area contributed by atoms with E-state index in [9.17, 15) is 9.59 Å². The van der Waals surface area contributed by atoms with Crippen molar-refractivity contribution in [3.05, 3.63) is 46.4 Å². The summed E-state index contributed by atoms with van der Waals surface area (Å²) in [6.07, 6.45) is 0. The fraction of sp³-hybridized carbons (Fsp3) is 0.267. The van der Waals surface area contributed by atoms with Gasteiger partial charge in [0.05, 0.1) is 6.07 Å². The molecule has 1 aromatic heterocycles. The first-order chi connectivity index (χ1) is 9.52. The maximum atomic E-state index is 12.1. The minimum absolute atomic E-state index is 0.00358. The number of carbonyl (C=O) groups excluding carboxylic acids is 1. The smallest absolute Gasteiger partial charge is 0.268 e. The molecule has 20 heavy (non-hydrogen) atoms. The van der Waals surface area contributed by atoms with E-state index in [4.69, 9.17) is 5.26 Å². The van der Waals surface area contributed by atoms with Gasteiger partial charge in [-0.25, -0.2) is 0 Å². The number of pyridine rings is 1. The molecular weight excluding hydrogens is 254 g/mol. The monoisotopic (exact) mass is 269 g/mol. The highest BCUT2D eigenvalue weighted by Crippen LogP contribution is 2.10. The number of benzene rings is 1. The summed E-state index contributed by atoms with van der Waals surface area (Å²) in [5.41, 5.74) is -0.152. The largest absolute Gasteiger partial charge is 0.335 e. The number of nitrogens with zero attached hydrogens (tertiary/aromatic N) is 1. The fourth-order valence-electron chi connectivity index (χ4n) is 1.90. The van der Waals surface area contributed by atoms with Gasteiger partial charge >= 0.3 is 0 Å². The number of nitrogens with one attached hydrogen (secondary N) is 2. The third-order valence-electron chi connectivity index (χ3n) is 3.09. The molecule has 0 bridgehead atoms. The molecule has 1 atom stereocenters. The second-order valence-electron chi connectivity index (χ2n) is 4.92. The lowest BCUT2D eigenvalue weighted by Gasteiger charge is -2.14. The van der Waals surface area contributed by atoms with Crippen LogP contribution in [0.4, 0.5) is 0 Å². The van der Waals surface area contributed by atoms with E-state index in [1.807, 2.05) is 19.9 Å². The van der Waals surface area contributed by atoms with Crippen LogP contribution in [0.15, 0.2) is 35.1 Å². The average Bonchev–Trinajstić information content (AvgIpc) is 2.44. The number of carbonyl (C=O) groups is 1. The molecule has 0 unspecified atom stereocenters. The SMILES string of the molecule is CC(C)[C@H](C#N)NC(=O)c1cc2ccccc2c(=O)[nH]1. The van der Waals surface area contributed by atoms with Crippen molar-refractivity contribution in [3.63, 3.8) is 0 Å². The van der Waals surface area contributed by atoms with Gasteiger partial charge in [0, 0.05) is 5.39 Å². The van der Waals surface area contributed by atoms with Crippen LogP contribution in [0.5, 0.6) is 0 Å². The Labute approximate surface area is 116 Å². The van der Waals surface area contributed by atoms with Crippen LogP contribution in [-0.4, -0.2) is 16.9 Å². The minimum Gasteiger partial charge on any atom is -0.335 e. The number of H-pyrrole nitrogens is 1. The molecule has 102 valence electrons. The van der Waals surface area contributed by atoms with Gasteiger partial charge in [0.15, 0.2) is 0 Å². The van der Waals surface area contributed by atoms with Crippen LogP contribution in [0.25, 0.3) is 10.8 Å². The van der Waals surface area contributed by atoms with Gasteiger partial charge in [-0.3, -0.25) is 9.59 Å². The number of aromatic amines is 1. The predicted molar refractivity (Wildman–Crippen MR) is 76.3 cm³/mol. The van der Waals surface area contributed by atoms with E-state index in [-0.39, 0.29) is 17.2 Å². The first-order valence-corrected chi connectivity index (χ1v) is 6.35. The Balaban J connectivity index is 2.36.